The Hall–Kier alpha value is -4.06. The Morgan fingerprint density at radius 2 is 1.73 bits per heavy atom. The van der Waals surface area contributed by atoms with Crippen molar-refractivity contribution in [3.63, 3.8) is 0 Å². The van der Waals surface area contributed by atoms with Crippen molar-refractivity contribution < 1.29 is 43.0 Å². The molecule has 2 fully saturated rings. The van der Waals surface area contributed by atoms with Gasteiger partial charge in [0.1, 0.15) is 11.8 Å². The number of amides is 6. The summed E-state index contributed by atoms with van der Waals surface area (Å²) in [5.41, 5.74) is 18.3. The van der Waals surface area contributed by atoms with Gasteiger partial charge in [-0.2, -0.15) is 0 Å². The molecule has 0 bridgehead atoms. The average Bonchev–Trinajstić information content (AvgIpc) is 3.86. The zero-order valence-electron chi connectivity index (χ0n) is 26.9. The molecular formula is C31H45N7O9S. The Morgan fingerprint density at radius 1 is 1.02 bits per heavy atom. The molecule has 9 N–H and O–H groups in total. The number of rotatable bonds is 21. The summed E-state index contributed by atoms with van der Waals surface area (Å²) in [5.74, 6) is -2.31. The van der Waals surface area contributed by atoms with Crippen molar-refractivity contribution in [3.8, 4) is 5.75 Å². The molecule has 1 saturated heterocycles. The molecule has 16 nitrogen and oxygen atoms in total. The minimum absolute atomic E-state index is 0.0536. The Morgan fingerprint density at radius 3 is 2.38 bits per heavy atom. The van der Waals surface area contributed by atoms with E-state index in [1.165, 1.54) is 7.11 Å². The van der Waals surface area contributed by atoms with Gasteiger partial charge in [0.25, 0.3) is 0 Å². The molecule has 1 unspecified atom stereocenters. The summed E-state index contributed by atoms with van der Waals surface area (Å²) in [7, 11) is 1.50. The largest absolute Gasteiger partial charge is 0.412 e. The molecule has 1 heterocycles. The van der Waals surface area contributed by atoms with Gasteiger partial charge in [-0.3, -0.25) is 33.7 Å². The van der Waals surface area contributed by atoms with Crippen LogP contribution in [0, 0.1) is 5.92 Å². The first-order valence-electron chi connectivity index (χ1n) is 15.8. The molecular weight excluding hydrogens is 646 g/mol. The van der Waals surface area contributed by atoms with Gasteiger partial charge in [-0.25, -0.2) is 4.79 Å². The molecule has 264 valence electrons. The normalized spacial score (nSPS) is 17.7. The number of nitrogens with one attached hydrogen (secondary N) is 3. The van der Waals surface area contributed by atoms with Gasteiger partial charge in [0.2, 0.25) is 29.5 Å². The van der Waals surface area contributed by atoms with Crippen molar-refractivity contribution in [1.82, 2.24) is 20.9 Å². The quantitative estimate of drug-likeness (QED) is 0.0651. The predicted octanol–water partition coefficient (Wildman–Crippen LogP) is -1.29. The third-order valence-corrected chi connectivity index (χ3v) is 9.05. The molecule has 1 aromatic carbocycles. The molecule has 0 radical (unpaired) electrons. The van der Waals surface area contributed by atoms with E-state index in [0.717, 1.165) is 35.1 Å². The Kier molecular flexibility index (Phi) is 15.2. The third-order valence-electron chi connectivity index (χ3n) is 7.75. The SMILES string of the molecule is COCCNC(=O)CCN1C(=O)CC(SC[C@H](NC(=O)[C@@H](N)CCCNC(=O)Oc2ccc(C[C@H](N)C(=O)C3CC3)cc2)C(N)=O)C1=O. The van der Waals surface area contributed by atoms with Crippen LogP contribution in [0.2, 0.25) is 0 Å². The van der Waals surface area contributed by atoms with Crippen molar-refractivity contribution in [3.05, 3.63) is 29.8 Å². The van der Waals surface area contributed by atoms with E-state index in [1.807, 2.05) is 0 Å². The van der Waals surface area contributed by atoms with Crippen molar-refractivity contribution in [2.24, 2.45) is 23.1 Å². The lowest BCUT2D eigenvalue weighted by Gasteiger charge is -2.20. The molecule has 4 atom stereocenters. The van der Waals surface area contributed by atoms with Crippen molar-refractivity contribution in [2.45, 2.75) is 68.3 Å². The fourth-order valence-corrected chi connectivity index (χ4v) is 6.01. The first-order chi connectivity index (χ1) is 22.9. The lowest BCUT2D eigenvalue weighted by molar-refractivity contribution is -0.138. The first kappa shape index (κ1) is 38.4. The molecule has 6 amide bonds. The van der Waals surface area contributed by atoms with Crippen LogP contribution in [-0.4, -0.2) is 109 Å². The van der Waals surface area contributed by atoms with E-state index in [0.29, 0.717) is 31.7 Å². The third kappa shape index (κ3) is 12.5. The second-order valence-electron chi connectivity index (χ2n) is 11.7. The number of benzene rings is 1. The minimum Gasteiger partial charge on any atom is -0.410 e. The Labute approximate surface area is 282 Å². The summed E-state index contributed by atoms with van der Waals surface area (Å²) in [6, 6.07) is 4.00. The number of likely N-dealkylation sites (tertiary alicyclic amines) is 1. The maximum Gasteiger partial charge on any atom is 0.412 e. The highest BCUT2D eigenvalue weighted by Crippen LogP contribution is 2.31. The summed E-state index contributed by atoms with van der Waals surface area (Å²) in [4.78, 5) is 86.9. The van der Waals surface area contributed by atoms with Crippen LogP contribution in [0.25, 0.3) is 0 Å². The van der Waals surface area contributed by atoms with Gasteiger partial charge < -0.3 is 42.6 Å². The van der Waals surface area contributed by atoms with E-state index in [9.17, 15) is 33.6 Å². The van der Waals surface area contributed by atoms with Crippen LogP contribution in [0.5, 0.6) is 5.75 Å². The number of Topliss-reactive ketones (excluding diaryl/α,β-unsaturated/α-hetero) is 1. The number of thioether (sulfide) groups is 1. The maximum absolute atomic E-state index is 12.7. The van der Waals surface area contributed by atoms with E-state index in [1.54, 1.807) is 24.3 Å². The van der Waals surface area contributed by atoms with Crippen LogP contribution in [0.4, 0.5) is 4.79 Å². The van der Waals surface area contributed by atoms with E-state index >= 15 is 0 Å². The van der Waals surface area contributed by atoms with E-state index < -0.39 is 53.1 Å². The summed E-state index contributed by atoms with van der Waals surface area (Å²) < 4.78 is 10.1. The highest BCUT2D eigenvalue weighted by Gasteiger charge is 2.39. The smallest absolute Gasteiger partial charge is 0.410 e. The van der Waals surface area contributed by atoms with Gasteiger partial charge in [-0.15, -0.1) is 11.8 Å². The van der Waals surface area contributed by atoms with E-state index in [2.05, 4.69) is 16.0 Å². The number of methoxy groups -OCH3 is 1. The van der Waals surface area contributed by atoms with Crippen molar-refractivity contribution in [2.75, 3.05) is 39.1 Å². The molecule has 1 aliphatic carbocycles. The zero-order valence-corrected chi connectivity index (χ0v) is 27.8. The topological polar surface area (TPSA) is 255 Å². The van der Waals surface area contributed by atoms with Gasteiger partial charge >= 0.3 is 6.09 Å². The number of ketones is 1. The molecule has 17 heteroatoms. The second kappa shape index (κ2) is 19.1. The number of ether oxygens (including phenoxy) is 2. The number of hydrogen-bond donors (Lipinski definition) is 6. The number of carbonyl (C=O) groups excluding carboxylic acids is 7. The number of hydrogen-bond acceptors (Lipinski definition) is 12. The predicted molar refractivity (Wildman–Crippen MR) is 175 cm³/mol. The summed E-state index contributed by atoms with van der Waals surface area (Å²) >= 11 is 1.01. The van der Waals surface area contributed by atoms with Crippen LogP contribution in [0.1, 0.15) is 44.1 Å². The van der Waals surface area contributed by atoms with Gasteiger partial charge in [-0.1, -0.05) is 12.1 Å². The van der Waals surface area contributed by atoms with Crippen LogP contribution in [-0.2, 0) is 39.9 Å². The lowest BCUT2D eigenvalue weighted by atomic mass is 10.0. The van der Waals surface area contributed by atoms with Gasteiger partial charge in [-0.05, 0) is 49.8 Å². The Bertz CT molecular complexity index is 1330. The van der Waals surface area contributed by atoms with Gasteiger partial charge in [0.05, 0.1) is 23.9 Å². The molecule has 0 spiro atoms. The van der Waals surface area contributed by atoms with Crippen LogP contribution in [0.15, 0.2) is 24.3 Å². The number of primary amides is 1. The molecule has 0 aromatic heterocycles. The van der Waals surface area contributed by atoms with Crippen LogP contribution < -0.4 is 37.9 Å². The first-order valence-corrected chi connectivity index (χ1v) is 16.8. The molecule has 1 saturated carbocycles. The van der Waals surface area contributed by atoms with Crippen molar-refractivity contribution >= 4 is 53.2 Å². The molecule has 48 heavy (non-hydrogen) atoms. The fraction of sp³-hybridized carbons (Fsp3) is 0.581. The fourth-order valence-electron chi connectivity index (χ4n) is 4.80. The summed E-state index contributed by atoms with van der Waals surface area (Å²) in [6.07, 6.45) is 1.85. The maximum atomic E-state index is 12.7. The highest BCUT2D eigenvalue weighted by molar-refractivity contribution is 8.00. The lowest BCUT2D eigenvalue weighted by Crippen LogP contribution is -2.51. The highest BCUT2D eigenvalue weighted by atomic mass is 32.2. The Balaban J connectivity index is 1.33. The molecule has 1 aromatic rings. The minimum atomic E-state index is -1.15. The van der Waals surface area contributed by atoms with Gasteiger partial charge in [0.15, 0.2) is 5.78 Å². The van der Waals surface area contributed by atoms with Crippen LogP contribution >= 0.6 is 11.8 Å². The number of imide groups is 1. The summed E-state index contributed by atoms with van der Waals surface area (Å²) in [6.45, 7) is 0.735. The second-order valence-corrected chi connectivity index (χ2v) is 12.9. The monoisotopic (exact) mass is 691 g/mol. The van der Waals surface area contributed by atoms with Crippen LogP contribution in [0.3, 0.4) is 0 Å². The standard InChI is InChI=1S/C31H45N7O9S/c1-46-14-12-35-25(39)10-13-38-26(40)16-24(30(38)44)48-17-23(28(34)42)37-29(43)21(32)3-2-11-36-31(45)47-20-8-4-18(5-9-20)15-22(33)27(41)19-6-7-19/h4-5,8-9,19,21-24H,2-3,6-7,10-17,32-33H2,1H3,(H2,34,42)(H,35,39)(H,36,45)(H,37,43)/t21-,22-,23-,24?/m0/s1. The molecule has 1 aliphatic heterocycles. The van der Waals surface area contributed by atoms with Crippen molar-refractivity contribution in [1.29, 1.82) is 0 Å². The van der Waals surface area contributed by atoms with Gasteiger partial charge in [0, 0.05) is 51.3 Å². The van der Waals surface area contributed by atoms with E-state index in [-0.39, 0.29) is 55.7 Å². The summed E-state index contributed by atoms with van der Waals surface area (Å²) in [5, 5.41) is 6.89. The average molecular weight is 692 g/mol. The van der Waals surface area contributed by atoms with E-state index in [4.69, 9.17) is 26.7 Å². The number of nitrogens with zero attached hydrogens (tertiary/aromatic N) is 1. The molecule has 3 rings (SSSR count). The zero-order chi connectivity index (χ0) is 35.2. The molecule has 2 aliphatic rings. The number of carbonyl (C=O) groups is 7. The number of nitrogens with two attached hydrogens (primary N) is 3.